The van der Waals surface area contributed by atoms with Crippen LogP contribution in [0.25, 0.3) is 0 Å². The highest BCUT2D eigenvalue weighted by atomic mass is 35.5. The van der Waals surface area contributed by atoms with Crippen molar-refractivity contribution in [2.45, 2.75) is 38.6 Å². The minimum atomic E-state index is -4.79. The van der Waals surface area contributed by atoms with Crippen LogP contribution in [0.1, 0.15) is 44.9 Å². The van der Waals surface area contributed by atoms with Crippen LogP contribution < -0.4 is 5.32 Å². The molecule has 1 aliphatic heterocycles. The molecule has 11 heteroatoms. The molecular weight excluding hydrogens is 504 g/mol. The lowest BCUT2D eigenvalue weighted by atomic mass is 9.86. The second-order valence-electron chi connectivity index (χ2n) is 8.15. The molecule has 35 heavy (non-hydrogen) atoms. The summed E-state index contributed by atoms with van der Waals surface area (Å²) in [6.45, 7) is 3.68. The van der Waals surface area contributed by atoms with Gasteiger partial charge in [-0.3, -0.25) is 14.8 Å². The Morgan fingerprint density at radius 1 is 1.09 bits per heavy atom. The number of carbonyl (C=O) groups excluding carboxylic acids is 1. The Labute approximate surface area is 209 Å². The fourth-order valence-corrected chi connectivity index (χ4v) is 4.25. The third kappa shape index (κ3) is 5.11. The van der Waals surface area contributed by atoms with Gasteiger partial charge in [0.25, 0.3) is 11.5 Å². The van der Waals surface area contributed by atoms with Crippen molar-refractivity contribution in [2.75, 3.05) is 0 Å². The van der Waals surface area contributed by atoms with Crippen LogP contribution >= 0.6 is 23.2 Å². The highest BCUT2D eigenvalue weighted by Gasteiger charge is 2.62. The summed E-state index contributed by atoms with van der Waals surface area (Å²) in [7, 11) is 0. The molecule has 6 nitrogen and oxygen atoms in total. The summed E-state index contributed by atoms with van der Waals surface area (Å²) >= 11 is 11.9. The van der Waals surface area contributed by atoms with E-state index in [0.29, 0.717) is 22.4 Å². The molecule has 0 spiro atoms. The van der Waals surface area contributed by atoms with Crippen LogP contribution in [0.5, 0.6) is 0 Å². The van der Waals surface area contributed by atoms with Gasteiger partial charge >= 0.3 is 6.18 Å². The number of carbonyl (C=O) groups is 1. The minimum Gasteiger partial charge on any atom is -0.374 e. The number of rotatable bonds is 5. The van der Waals surface area contributed by atoms with E-state index in [1.807, 2.05) is 6.92 Å². The molecule has 0 saturated carbocycles. The monoisotopic (exact) mass is 522 g/mol. The number of oxime groups is 1. The molecule has 1 amide bonds. The predicted molar refractivity (Wildman–Crippen MR) is 126 cm³/mol. The maximum absolute atomic E-state index is 14.2. The highest BCUT2D eigenvalue weighted by molar-refractivity contribution is 6.34. The number of nitrogens with one attached hydrogen (secondary N) is 1. The number of alkyl halides is 3. The first-order valence-corrected chi connectivity index (χ1v) is 11.2. The number of nitrogens with zero attached hydrogens (tertiary/aromatic N) is 3. The predicted octanol–water partition coefficient (Wildman–Crippen LogP) is 5.91. The van der Waals surface area contributed by atoms with Gasteiger partial charge in [-0.1, -0.05) is 34.4 Å². The van der Waals surface area contributed by atoms with Crippen LogP contribution in [0.2, 0.25) is 10.0 Å². The topological polar surface area (TPSA) is 76.5 Å². The zero-order valence-corrected chi connectivity index (χ0v) is 20.1. The smallest absolute Gasteiger partial charge is 0.374 e. The van der Waals surface area contributed by atoms with Gasteiger partial charge in [0.05, 0.1) is 29.8 Å². The fraction of sp³-hybridized carbons (Fsp3) is 0.250. The molecular formula is C24H19Cl2F3N4O2. The first-order valence-electron chi connectivity index (χ1n) is 10.4. The van der Waals surface area contributed by atoms with Crippen LogP contribution in [0.3, 0.4) is 0 Å². The van der Waals surface area contributed by atoms with E-state index in [1.165, 1.54) is 18.2 Å². The van der Waals surface area contributed by atoms with Gasteiger partial charge in [-0.25, -0.2) is 0 Å². The van der Waals surface area contributed by atoms with E-state index in [-0.39, 0.29) is 33.8 Å². The van der Waals surface area contributed by atoms with Crippen molar-refractivity contribution in [2.24, 2.45) is 5.16 Å². The molecule has 182 valence electrons. The van der Waals surface area contributed by atoms with Crippen LogP contribution in [0, 0.1) is 13.8 Å². The molecule has 2 aromatic carbocycles. The first-order chi connectivity index (χ1) is 16.5. The summed E-state index contributed by atoms with van der Waals surface area (Å²) in [4.78, 5) is 26.0. The maximum atomic E-state index is 14.2. The summed E-state index contributed by atoms with van der Waals surface area (Å²) in [5.41, 5.74) is -0.182. The average Bonchev–Trinajstić information content (AvgIpc) is 3.25. The van der Waals surface area contributed by atoms with Crippen LogP contribution in [0.4, 0.5) is 13.2 Å². The summed E-state index contributed by atoms with van der Waals surface area (Å²) in [6, 6.07) is 8.33. The minimum absolute atomic E-state index is 0.0519. The molecule has 1 aromatic heterocycles. The summed E-state index contributed by atoms with van der Waals surface area (Å²) in [5, 5.41) is 6.62. The van der Waals surface area contributed by atoms with Crippen LogP contribution in [-0.2, 0) is 17.0 Å². The number of hydrogen-bond acceptors (Lipinski definition) is 5. The Morgan fingerprint density at radius 2 is 1.80 bits per heavy atom. The summed E-state index contributed by atoms with van der Waals surface area (Å²) in [5.74, 6) is -0.348. The third-order valence-corrected chi connectivity index (χ3v) is 6.02. The Kier molecular flexibility index (Phi) is 6.75. The molecule has 0 aliphatic carbocycles. The van der Waals surface area contributed by atoms with Gasteiger partial charge in [0.1, 0.15) is 0 Å². The van der Waals surface area contributed by atoms with Gasteiger partial charge in [0.2, 0.25) is 0 Å². The lowest BCUT2D eigenvalue weighted by Gasteiger charge is -2.29. The normalized spacial score (nSPS) is 17.6. The van der Waals surface area contributed by atoms with Gasteiger partial charge in [0, 0.05) is 33.8 Å². The number of halogens is 5. The Hall–Kier alpha value is -3.17. The van der Waals surface area contributed by atoms with Gasteiger partial charge in [0.15, 0.2) is 0 Å². The second-order valence-corrected chi connectivity index (χ2v) is 9.02. The van der Waals surface area contributed by atoms with Gasteiger partial charge < -0.3 is 10.2 Å². The van der Waals surface area contributed by atoms with E-state index in [4.69, 9.17) is 28.0 Å². The van der Waals surface area contributed by atoms with Crippen molar-refractivity contribution in [3.8, 4) is 0 Å². The van der Waals surface area contributed by atoms with Crippen molar-refractivity contribution in [1.29, 1.82) is 0 Å². The Morgan fingerprint density at radius 3 is 2.40 bits per heavy atom. The van der Waals surface area contributed by atoms with Crippen molar-refractivity contribution in [3.63, 3.8) is 0 Å². The van der Waals surface area contributed by atoms with Crippen LogP contribution in [0.15, 0.2) is 53.9 Å². The number of aromatic nitrogens is 2. The third-order valence-electron chi connectivity index (χ3n) is 5.58. The fourth-order valence-electron chi connectivity index (χ4n) is 3.72. The van der Waals surface area contributed by atoms with E-state index in [9.17, 15) is 18.0 Å². The van der Waals surface area contributed by atoms with Gasteiger partial charge in [-0.15, -0.1) is 0 Å². The van der Waals surface area contributed by atoms with E-state index in [2.05, 4.69) is 20.4 Å². The number of aryl methyl sites for hydroxylation is 2. The molecule has 1 N–H and O–H groups in total. The first kappa shape index (κ1) is 24.9. The summed E-state index contributed by atoms with van der Waals surface area (Å²) in [6.07, 6.45) is -2.20. The van der Waals surface area contributed by atoms with E-state index in [1.54, 1.807) is 25.4 Å². The lowest BCUT2D eigenvalue weighted by Crippen LogP contribution is -2.42. The highest BCUT2D eigenvalue weighted by Crippen LogP contribution is 2.49. The van der Waals surface area contributed by atoms with Gasteiger partial charge in [-0.05, 0) is 55.3 Å². The van der Waals surface area contributed by atoms with Crippen molar-refractivity contribution >= 4 is 34.8 Å². The average molecular weight is 523 g/mol. The number of benzene rings is 2. The molecule has 1 atom stereocenters. The van der Waals surface area contributed by atoms with E-state index in [0.717, 1.165) is 17.8 Å². The molecule has 1 unspecified atom stereocenters. The standard InChI is InChI=1S/C24H19Cl2F3N4O2/c1-13-5-15(3-4-20(13)22(34)32-12-19-11-30-14(2)10-31-19)21-9-23(35-33-21,24(27,28)29)16-6-17(25)8-18(26)7-16/h3-8,10-11H,9,12H2,1-2H3,(H,32,34). The molecule has 1 aliphatic rings. The molecule has 0 fully saturated rings. The SMILES string of the molecule is Cc1cnc(CNC(=O)c2ccc(C3=NOC(c4cc(Cl)cc(Cl)c4)(C(F)(F)F)C3)cc2C)cn1. The van der Waals surface area contributed by atoms with Crippen LogP contribution in [-0.4, -0.2) is 27.8 Å². The largest absolute Gasteiger partial charge is 0.435 e. The number of hydrogen-bond donors (Lipinski definition) is 1. The maximum Gasteiger partial charge on any atom is 0.435 e. The Balaban J connectivity index is 1.54. The molecule has 4 rings (SSSR count). The lowest BCUT2D eigenvalue weighted by molar-refractivity contribution is -0.275. The quantitative estimate of drug-likeness (QED) is 0.451. The second kappa shape index (κ2) is 9.47. The molecule has 0 bridgehead atoms. The van der Waals surface area contributed by atoms with E-state index >= 15 is 0 Å². The van der Waals surface area contributed by atoms with Gasteiger partial charge in [-0.2, -0.15) is 13.2 Å². The van der Waals surface area contributed by atoms with Crippen molar-refractivity contribution in [1.82, 2.24) is 15.3 Å². The zero-order valence-electron chi connectivity index (χ0n) is 18.6. The molecule has 3 aromatic rings. The molecule has 2 heterocycles. The van der Waals surface area contributed by atoms with Crippen molar-refractivity contribution in [3.05, 3.63) is 92.5 Å². The van der Waals surface area contributed by atoms with E-state index < -0.39 is 18.2 Å². The summed E-state index contributed by atoms with van der Waals surface area (Å²) < 4.78 is 42.6. The van der Waals surface area contributed by atoms with Crippen molar-refractivity contribution < 1.29 is 22.8 Å². The zero-order chi connectivity index (χ0) is 25.4. The Bertz CT molecular complexity index is 1290. The number of amides is 1. The molecule has 0 radical (unpaired) electrons. The molecule has 0 saturated heterocycles.